The van der Waals surface area contributed by atoms with Crippen LogP contribution >= 0.6 is 0 Å². The van der Waals surface area contributed by atoms with Gasteiger partial charge in [0.1, 0.15) is 6.61 Å². The van der Waals surface area contributed by atoms with Crippen LogP contribution in [0.5, 0.6) is 0 Å². The van der Waals surface area contributed by atoms with Gasteiger partial charge in [-0.25, -0.2) is 4.79 Å². The molecule has 0 aromatic carbocycles. The standard InChI is InChI=1S/C47H87N3O3.C10H22N2O2/c1-4-7-9-11-13-15-17-19-21-23-25-27-29-31-33-35-37-50(47(51)53-46-43-48(6-3)39-40-49-41-44-52-45-42-49)38-36-34-32-30-28-26-24-22-20-18-16-14-12-10-8-5-2;1-2-11(5-8-13)3-4-12-6-9-14-10-7-12/h13-16,19-22H,4-12,17-18,23-46H2,1-3H3;13H,2-10H2,1H3/b15-13-,16-14-,21-19-,22-20-;. The molecule has 2 saturated heterocycles. The zero-order chi connectivity index (χ0) is 48.4. The van der Waals surface area contributed by atoms with Crippen molar-refractivity contribution in [3.05, 3.63) is 48.6 Å². The van der Waals surface area contributed by atoms with Gasteiger partial charge in [0.2, 0.25) is 0 Å². The van der Waals surface area contributed by atoms with Crippen LogP contribution in [0.3, 0.4) is 0 Å². The Labute approximate surface area is 415 Å². The molecule has 67 heavy (non-hydrogen) atoms. The molecule has 10 nitrogen and oxygen atoms in total. The van der Waals surface area contributed by atoms with E-state index in [4.69, 9.17) is 19.3 Å². The molecule has 0 aromatic heterocycles. The number of likely N-dealkylation sites (N-methyl/N-ethyl adjacent to an activating group) is 2. The Hall–Kier alpha value is -2.05. The number of morpholine rings is 2. The van der Waals surface area contributed by atoms with E-state index in [1.54, 1.807) is 0 Å². The van der Waals surface area contributed by atoms with Crippen molar-refractivity contribution < 1.29 is 24.1 Å². The lowest BCUT2D eigenvalue weighted by atomic mass is 10.1. The van der Waals surface area contributed by atoms with Gasteiger partial charge in [-0.15, -0.1) is 0 Å². The quantitative estimate of drug-likeness (QED) is 0.0475. The summed E-state index contributed by atoms with van der Waals surface area (Å²) in [4.78, 5) is 24.8. The fourth-order valence-corrected chi connectivity index (χ4v) is 8.44. The van der Waals surface area contributed by atoms with Gasteiger partial charge < -0.3 is 29.1 Å². The van der Waals surface area contributed by atoms with Gasteiger partial charge in [-0.3, -0.25) is 14.7 Å². The number of allylic oxidation sites excluding steroid dienone is 8. The molecule has 0 spiro atoms. The number of rotatable bonds is 43. The highest BCUT2D eigenvalue weighted by molar-refractivity contribution is 5.67. The normalized spacial score (nSPS) is 15.3. The average Bonchev–Trinajstić information content (AvgIpc) is 3.36. The van der Waals surface area contributed by atoms with Crippen molar-refractivity contribution in [1.82, 2.24) is 24.5 Å². The van der Waals surface area contributed by atoms with E-state index in [2.05, 4.69) is 95.9 Å². The fourth-order valence-electron chi connectivity index (χ4n) is 8.44. The van der Waals surface area contributed by atoms with Crippen LogP contribution in [0.25, 0.3) is 0 Å². The molecule has 0 radical (unpaired) electrons. The minimum Gasteiger partial charge on any atom is -0.448 e. The summed E-state index contributed by atoms with van der Waals surface area (Å²) in [7, 11) is 0. The summed E-state index contributed by atoms with van der Waals surface area (Å²) in [6.07, 6.45) is 48.3. The van der Waals surface area contributed by atoms with Crippen LogP contribution in [-0.2, 0) is 14.2 Å². The molecule has 1 N–H and O–H groups in total. The number of aliphatic hydroxyl groups is 1. The summed E-state index contributed by atoms with van der Waals surface area (Å²) >= 11 is 0. The van der Waals surface area contributed by atoms with Crippen LogP contribution in [0, 0.1) is 0 Å². The van der Waals surface area contributed by atoms with E-state index in [-0.39, 0.29) is 12.7 Å². The molecule has 2 aliphatic rings. The van der Waals surface area contributed by atoms with E-state index in [1.165, 1.54) is 128 Å². The third-order valence-corrected chi connectivity index (χ3v) is 13.1. The summed E-state index contributed by atoms with van der Waals surface area (Å²) in [5, 5.41) is 8.83. The van der Waals surface area contributed by atoms with Crippen molar-refractivity contribution in [3.8, 4) is 0 Å². The lowest BCUT2D eigenvalue weighted by Gasteiger charge is -2.29. The summed E-state index contributed by atoms with van der Waals surface area (Å²) in [6.45, 7) is 26.6. The summed E-state index contributed by atoms with van der Waals surface area (Å²) in [6, 6.07) is 0. The molecule has 0 aliphatic carbocycles. The SMILES string of the molecule is CCCCC/C=C\C/C=C\CCCCCCCCN(CCCCCCCC/C=C\C/C=C\CCCCC)C(=O)OCCN(CC)CCN1CCOCC1.CCN(CCO)CCN1CCOCC1. The smallest absolute Gasteiger partial charge is 0.409 e. The molecule has 0 saturated carbocycles. The zero-order valence-corrected chi connectivity index (χ0v) is 44.5. The zero-order valence-electron chi connectivity index (χ0n) is 44.5. The van der Waals surface area contributed by atoms with Crippen LogP contribution in [0.1, 0.15) is 182 Å². The van der Waals surface area contributed by atoms with Crippen molar-refractivity contribution in [2.45, 2.75) is 182 Å². The minimum absolute atomic E-state index is 0.112. The number of amides is 1. The van der Waals surface area contributed by atoms with Gasteiger partial charge >= 0.3 is 6.09 Å². The lowest BCUT2D eigenvalue weighted by molar-refractivity contribution is 0.0319. The number of hydrogen-bond donors (Lipinski definition) is 1. The fraction of sp³-hybridized carbons (Fsp3) is 0.842. The molecule has 0 aromatic rings. The summed E-state index contributed by atoms with van der Waals surface area (Å²) in [5.41, 5.74) is 0. The highest BCUT2D eigenvalue weighted by atomic mass is 16.6. The van der Waals surface area contributed by atoms with E-state index < -0.39 is 0 Å². The number of hydrogen-bond acceptors (Lipinski definition) is 9. The molecule has 0 bridgehead atoms. The maximum Gasteiger partial charge on any atom is 0.409 e. The second-order valence-corrected chi connectivity index (χ2v) is 18.8. The number of ether oxygens (including phenoxy) is 3. The first-order valence-corrected chi connectivity index (χ1v) is 28.2. The molecular formula is C57H109N5O5. The Morgan fingerprint density at radius 2 is 0.851 bits per heavy atom. The van der Waals surface area contributed by atoms with E-state index in [0.29, 0.717) is 6.61 Å². The van der Waals surface area contributed by atoms with Gasteiger partial charge in [0.05, 0.1) is 33.0 Å². The largest absolute Gasteiger partial charge is 0.448 e. The number of unbranched alkanes of at least 4 members (excludes halogenated alkanes) is 18. The molecule has 2 heterocycles. The molecule has 0 atom stereocenters. The summed E-state index contributed by atoms with van der Waals surface area (Å²) in [5.74, 6) is 0. The van der Waals surface area contributed by atoms with E-state index in [0.717, 1.165) is 144 Å². The van der Waals surface area contributed by atoms with Gasteiger partial charge in [-0.1, -0.05) is 153 Å². The number of carbonyl (C=O) groups is 1. The van der Waals surface area contributed by atoms with E-state index in [1.807, 2.05) is 4.90 Å². The second kappa shape index (κ2) is 50.3. The molecular weight excluding hydrogens is 835 g/mol. The Kier molecular flexibility index (Phi) is 47.3. The molecule has 2 aliphatic heterocycles. The van der Waals surface area contributed by atoms with Crippen LogP contribution < -0.4 is 0 Å². The molecule has 2 fully saturated rings. The molecule has 392 valence electrons. The minimum atomic E-state index is -0.112. The highest BCUT2D eigenvalue weighted by Gasteiger charge is 2.16. The van der Waals surface area contributed by atoms with Crippen molar-refractivity contribution in [2.75, 3.05) is 131 Å². The first kappa shape index (κ1) is 63.0. The van der Waals surface area contributed by atoms with Crippen molar-refractivity contribution in [3.63, 3.8) is 0 Å². The maximum atomic E-state index is 13.2. The predicted octanol–water partition coefficient (Wildman–Crippen LogP) is 12.3. The molecule has 2 rings (SSSR count). The van der Waals surface area contributed by atoms with Crippen LogP contribution in [0.2, 0.25) is 0 Å². The Balaban J connectivity index is 0.00000136. The maximum absolute atomic E-state index is 13.2. The lowest BCUT2D eigenvalue weighted by Crippen LogP contribution is -2.42. The Bertz CT molecular complexity index is 1100. The number of carbonyl (C=O) groups excluding carboxylic acids is 1. The van der Waals surface area contributed by atoms with Gasteiger partial charge in [0, 0.05) is 78.5 Å². The number of nitrogens with zero attached hydrogens (tertiary/aromatic N) is 5. The molecule has 1 amide bonds. The van der Waals surface area contributed by atoms with Crippen LogP contribution in [0.15, 0.2) is 48.6 Å². The van der Waals surface area contributed by atoms with Crippen LogP contribution in [-0.4, -0.2) is 167 Å². The van der Waals surface area contributed by atoms with Gasteiger partial charge in [0.25, 0.3) is 0 Å². The van der Waals surface area contributed by atoms with Gasteiger partial charge in [0.15, 0.2) is 0 Å². The van der Waals surface area contributed by atoms with Crippen molar-refractivity contribution >= 4 is 6.09 Å². The first-order valence-electron chi connectivity index (χ1n) is 28.2. The van der Waals surface area contributed by atoms with Crippen molar-refractivity contribution in [2.24, 2.45) is 0 Å². The number of aliphatic hydroxyl groups excluding tert-OH is 1. The Morgan fingerprint density at radius 3 is 1.24 bits per heavy atom. The van der Waals surface area contributed by atoms with Gasteiger partial charge in [-0.05, 0) is 90.1 Å². The van der Waals surface area contributed by atoms with E-state index >= 15 is 0 Å². The first-order chi connectivity index (χ1) is 33.1. The van der Waals surface area contributed by atoms with Crippen LogP contribution in [0.4, 0.5) is 4.79 Å². The third-order valence-electron chi connectivity index (χ3n) is 13.1. The van der Waals surface area contributed by atoms with Crippen molar-refractivity contribution in [1.29, 1.82) is 0 Å². The Morgan fingerprint density at radius 1 is 0.478 bits per heavy atom. The third kappa shape index (κ3) is 41.4. The topological polar surface area (TPSA) is 81.2 Å². The molecule has 10 heteroatoms. The predicted molar refractivity (Wildman–Crippen MR) is 287 cm³/mol. The molecule has 0 unspecified atom stereocenters. The van der Waals surface area contributed by atoms with Gasteiger partial charge in [-0.2, -0.15) is 0 Å². The summed E-state index contributed by atoms with van der Waals surface area (Å²) < 4.78 is 16.7. The monoisotopic (exact) mass is 944 g/mol. The highest BCUT2D eigenvalue weighted by Crippen LogP contribution is 2.13. The van der Waals surface area contributed by atoms with E-state index in [9.17, 15) is 4.79 Å². The second-order valence-electron chi connectivity index (χ2n) is 18.8. The average molecular weight is 945 g/mol.